The van der Waals surface area contributed by atoms with E-state index in [0.717, 1.165) is 25.7 Å². The van der Waals surface area contributed by atoms with E-state index >= 15 is 0 Å². The number of rotatable bonds is 7. The van der Waals surface area contributed by atoms with Crippen molar-refractivity contribution in [3.63, 3.8) is 0 Å². The van der Waals surface area contributed by atoms with Crippen LogP contribution in [0.25, 0.3) is 0 Å². The Labute approximate surface area is 123 Å². The molecule has 21 heavy (non-hydrogen) atoms. The molecular formula is C13H21N5O3. The molecule has 0 amide bonds. The van der Waals surface area contributed by atoms with Gasteiger partial charge in [-0.1, -0.05) is 12.8 Å². The molecule has 0 unspecified atom stereocenters. The third-order valence-corrected chi connectivity index (χ3v) is 3.66. The van der Waals surface area contributed by atoms with Crippen molar-refractivity contribution in [3.05, 3.63) is 16.3 Å². The topological polar surface area (TPSA) is 104 Å². The highest BCUT2D eigenvalue weighted by atomic mass is 16.6. The Balaban J connectivity index is 2.39. The molecule has 0 saturated heterocycles. The molecule has 1 aromatic heterocycles. The Hall–Kier alpha value is -1.96. The fourth-order valence-electron chi connectivity index (χ4n) is 2.73. The van der Waals surface area contributed by atoms with Crippen molar-refractivity contribution >= 4 is 17.5 Å². The molecule has 1 aliphatic rings. The first-order valence-corrected chi connectivity index (χ1v) is 7.30. The van der Waals surface area contributed by atoms with Crippen LogP contribution in [0.1, 0.15) is 32.6 Å². The summed E-state index contributed by atoms with van der Waals surface area (Å²) in [5, 5.41) is 23.5. The molecule has 0 spiro atoms. The number of nitrogens with zero attached hydrogens (tertiary/aromatic N) is 4. The van der Waals surface area contributed by atoms with E-state index in [1.807, 2.05) is 11.8 Å². The molecule has 1 fully saturated rings. The molecule has 0 bridgehead atoms. The Kier molecular flexibility index (Phi) is 5.26. The van der Waals surface area contributed by atoms with Gasteiger partial charge in [0.15, 0.2) is 0 Å². The van der Waals surface area contributed by atoms with Gasteiger partial charge in [0.2, 0.25) is 11.8 Å². The summed E-state index contributed by atoms with van der Waals surface area (Å²) in [6.07, 6.45) is 5.38. The maximum absolute atomic E-state index is 11.2. The van der Waals surface area contributed by atoms with Gasteiger partial charge in [-0.15, -0.1) is 0 Å². The Morgan fingerprint density at radius 1 is 1.52 bits per heavy atom. The van der Waals surface area contributed by atoms with Crippen molar-refractivity contribution in [1.29, 1.82) is 0 Å². The summed E-state index contributed by atoms with van der Waals surface area (Å²) < 4.78 is 0. The van der Waals surface area contributed by atoms with E-state index < -0.39 is 4.92 Å². The summed E-state index contributed by atoms with van der Waals surface area (Å²) in [6, 6.07) is 0.195. The van der Waals surface area contributed by atoms with Crippen LogP contribution < -0.4 is 10.2 Å². The molecule has 1 heterocycles. The molecule has 1 saturated carbocycles. The summed E-state index contributed by atoms with van der Waals surface area (Å²) in [5.41, 5.74) is -0.114. The van der Waals surface area contributed by atoms with Crippen molar-refractivity contribution in [2.75, 3.05) is 29.9 Å². The van der Waals surface area contributed by atoms with Crippen LogP contribution in [-0.4, -0.2) is 45.7 Å². The van der Waals surface area contributed by atoms with Crippen LogP contribution in [0.5, 0.6) is 0 Å². The van der Waals surface area contributed by atoms with Gasteiger partial charge in [0.25, 0.3) is 0 Å². The fraction of sp³-hybridized carbons (Fsp3) is 0.692. The van der Waals surface area contributed by atoms with Crippen LogP contribution in [0.3, 0.4) is 0 Å². The highest BCUT2D eigenvalue weighted by Gasteiger charge is 2.29. The van der Waals surface area contributed by atoms with Gasteiger partial charge in [-0.05, 0) is 19.8 Å². The fourth-order valence-corrected chi connectivity index (χ4v) is 2.73. The molecule has 2 rings (SSSR count). The quantitative estimate of drug-likeness (QED) is 0.581. The number of aromatic nitrogens is 2. The number of hydrogen-bond donors (Lipinski definition) is 2. The molecule has 0 atom stereocenters. The van der Waals surface area contributed by atoms with Gasteiger partial charge in [0, 0.05) is 19.1 Å². The molecule has 1 aliphatic carbocycles. The van der Waals surface area contributed by atoms with Gasteiger partial charge in [-0.2, -0.15) is 4.98 Å². The number of aliphatic hydroxyl groups excluding tert-OH is 1. The van der Waals surface area contributed by atoms with Crippen LogP contribution in [0.2, 0.25) is 0 Å². The van der Waals surface area contributed by atoms with E-state index in [1.165, 1.54) is 6.20 Å². The molecule has 2 N–H and O–H groups in total. The summed E-state index contributed by atoms with van der Waals surface area (Å²) >= 11 is 0. The number of nitro groups is 1. The minimum absolute atomic E-state index is 0.0613. The van der Waals surface area contributed by atoms with Crippen molar-refractivity contribution in [2.24, 2.45) is 0 Å². The lowest BCUT2D eigenvalue weighted by Crippen LogP contribution is -2.37. The maximum atomic E-state index is 11.2. The third-order valence-electron chi connectivity index (χ3n) is 3.66. The van der Waals surface area contributed by atoms with Gasteiger partial charge in [0.05, 0.1) is 11.5 Å². The number of hydrogen-bond acceptors (Lipinski definition) is 7. The van der Waals surface area contributed by atoms with E-state index in [2.05, 4.69) is 15.3 Å². The second-order valence-electron chi connectivity index (χ2n) is 5.05. The van der Waals surface area contributed by atoms with Crippen molar-refractivity contribution in [1.82, 2.24) is 9.97 Å². The number of nitrogens with one attached hydrogen (secondary N) is 1. The molecule has 0 radical (unpaired) electrons. The van der Waals surface area contributed by atoms with Crippen LogP contribution in [0.4, 0.5) is 17.5 Å². The zero-order chi connectivity index (χ0) is 15.2. The van der Waals surface area contributed by atoms with Crippen LogP contribution >= 0.6 is 0 Å². The van der Waals surface area contributed by atoms with E-state index in [4.69, 9.17) is 0 Å². The first-order valence-electron chi connectivity index (χ1n) is 7.30. The molecule has 8 heteroatoms. The highest BCUT2D eigenvalue weighted by Crippen LogP contribution is 2.32. The normalized spacial score (nSPS) is 15.1. The lowest BCUT2D eigenvalue weighted by Gasteiger charge is -2.29. The average molecular weight is 295 g/mol. The zero-order valence-electron chi connectivity index (χ0n) is 12.2. The van der Waals surface area contributed by atoms with Gasteiger partial charge >= 0.3 is 5.69 Å². The van der Waals surface area contributed by atoms with Crippen molar-refractivity contribution < 1.29 is 10.0 Å². The first kappa shape index (κ1) is 15.4. The summed E-state index contributed by atoms with van der Waals surface area (Å²) in [7, 11) is 0. The van der Waals surface area contributed by atoms with Crippen LogP contribution in [0, 0.1) is 10.1 Å². The molecule has 0 aliphatic heterocycles. The largest absolute Gasteiger partial charge is 0.395 e. The third kappa shape index (κ3) is 3.57. The first-order chi connectivity index (χ1) is 10.2. The molecule has 1 aromatic rings. The number of aliphatic hydroxyl groups is 1. The van der Waals surface area contributed by atoms with Crippen molar-refractivity contribution in [2.45, 2.75) is 38.6 Å². The smallest absolute Gasteiger partial charge is 0.329 e. The van der Waals surface area contributed by atoms with Crippen molar-refractivity contribution in [3.8, 4) is 0 Å². The number of anilines is 2. The standard InChI is InChI=1S/C13H21N5O3/c1-2-14-13-15-9-11(18(20)21)12(16-13)17(7-8-19)10-5-3-4-6-10/h9-10,19H,2-8H2,1H3,(H,14,15,16). The molecule has 8 nitrogen and oxygen atoms in total. The highest BCUT2D eigenvalue weighted by molar-refractivity contribution is 5.59. The average Bonchev–Trinajstić information content (AvgIpc) is 2.98. The summed E-state index contributed by atoms with van der Waals surface area (Å²) in [6.45, 7) is 2.83. The van der Waals surface area contributed by atoms with E-state index in [1.54, 1.807) is 0 Å². The van der Waals surface area contributed by atoms with E-state index in [-0.39, 0.29) is 18.3 Å². The monoisotopic (exact) mass is 295 g/mol. The van der Waals surface area contributed by atoms with E-state index in [9.17, 15) is 15.2 Å². The maximum Gasteiger partial charge on any atom is 0.329 e. The van der Waals surface area contributed by atoms with Gasteiger partial charge < -0.3 is 15.3 Å². The Morgan fingerprint density at radius 2 is 2.24 bits per heavy atom. The zero-order valence-corrected chi connectivity index (χ0v) is 12.2. The van der Waals surface area contributed by atoms with E-state index in [0.29, 0.717) is 24.9 Å². The predicted molar refractivity (Wildman–Crippen MR) is 79.5 cm³/mol. The minimum Gasteiger partial charge on any atom is -0.395 e. The molecule has 116 valence electrons. The Bertz CT molecular complexity index is 491. The lowest BCUT2D eigenvalue weighted by atomic mass is 10.2. The van der Waals surface area contributed by atoms with Gasteiger partial charge in [0.1, 0.15) is 6.20 Å². The van der Waals surface area contributed by atoms with Gasteiger partial charge in [-0.3, -0.25) is 10.1 Å². The molecule has 0 aromatic carbocycles. The summed E-state index contributed by atoms with van der Waals surface area (Å²) in [4.78, 5) is 20.9. The van der Waals surface area contributed by atoms with Gasteiger partial charge in [-0.25, -0.2) is 4.98 Å². The molecular weight excluding hydrogens is 274 g/mol. The van der Waals surface area contributed by atoms with Crippen LogP contribution in [0.15, 0.2) is 6.20 Å². The summed E-state index contributed by atoms with van der Waals surface area (Å²) in [5.74, 6) is 0.672. The predicted octanol–water partition coefficient (Wildman–Crippen LogP) is 1.56. The second-order valence-corrected chi connectivity index (χ2v) is 5.05. The minimum atomic E-state index is -0.468. The Morgan fingerprint density at radius 3 is 2.81 bits per heavy atom. The second kappa shape index (κ2) is 7.16. The SMILES string of the molecule is CCNc1ncc([N+](=O)[O-])c(N(CCO)C2CCCC2)n1. The van der Waals surface area contributed by atoms with Crippen LogP contribution in [-0.2, 0) is 0 Å². The lowest BCUT2D eigenvalue weighted by molar-refractivity contribution is -0.384.